The van der Waals surface area contributed by atoms with Gasteiger partial charge in [-0.25, -0.2) is 4.98 Å². The van der Waals surface area contributed by atoms with Crippen LogP contribution >= 0.6 is 11.3 Å². The van der Waals surface area contributed by atoms with Gasteiger partial charge in [0, 0.05) is 5.56 Å². The van der Waals surface area contributed by atoms with Crippen LogP contribution in [-0.4, -0.2) is 15.9 Å². The molecule has 1 atom stereocenters. The molecule has 1 amide bonds. The number of halogens is 3. The molecule has 2 aromatic carbocycles. The van der Waals surface area contributed by atoms with Crippen molar-refractivity contribution < 1.29 is 18.0 Å². The highest BCUT2D eigenvalue weighted by molar-refractivity contribution is 7.22. The zero-order chi connectivity index (χ0) is 22.3. The Morgan fingerprint density at radius 3 is 2.69 bits per heavy atom. The summed E-state index contributed by atoms with van der Waals surface area (Å²) >= 11 is 1.40. The monoisotopic (exact) mass is 453 g/mol. The molecule has 2 heterocycles. The van der Waals surface area contributed by atoms with E-state index in [9.17, 15) is 18.0 Å². The second kappa shape index (κ2) is 8.02. The molecule has 162 valence electrons. The number of para-hydroxylation sites is 1. The molecule has 32 heavy (non-hydrogen) atoms. The summed E-state index contributed by atoms with van der Waals surface area (Å²) in [6.07, 6.45) is -2.17. The molecule has 0 fully saturated rings. The highest BCUT2D eigenvalue weighted by Crippen LogP contribution is 2.36. The summed E-state index contributed by atoms with van der Waals surface area (Å²) in [4.78, 5) is 22.2. The average molecular weight is 453 g/mol. The van der Waals surface area contributed by atoms with E-state index < -0.39 is 17.7 Å². The van der Waals surface area contributed by atoms with Gasteiger partial charge in [0.05, 0.1) is 33.1 Å². The third-order valence-electron chi connectivity index (χ3n) is 5.61. The number of carbonyl (C=O) groups excluding carboxylic acids is 1. The van der Waals surface area contributed by atoms with E-state index in [0.717, 1.165) is 40.8 Å². The smallest absolute Gasteiger partial charge is 0.301 e. The molecular weight excluding hydrogens is 435 g/mol. The first-order chi connectivity index (χ1) is 15.4. The molecule has 1 N–H and O–H groups in total. The van der Waals surface area contributed by atoms with Gasteiger partial charge in [0.2, 0.25) is 5.91 Å². The van der Waals surface area contributed by atoms with Crippen LogP contribution in [0.3, 0.4) is 0 Å². The Kier molecular flexibility index (Phi) is 5.17. The van der Waals surface area contributed by atoms with Crippen molar-refractivity contribution in [2.75, 3.05) is 5.32 Å². The number of hydrogen-bond donors (Lipinski definition) is 1. The second-order valence-corrected chi connectivity index (χ2v) is 8.77. The minimum absolute atomic E-state index is 0.196. The van der Waals surface area contributed by atoms with Gasteiger partial charge in [-0.05, 0) is 55.2 Å². The summed E-state index contributed by atoms with van der Waals surface area (Å²) in [5.74, 6) is -0.671. The van der Waals surface area contributed by atoms with Crippen LogP contribution in [-0.2, 0) is 17.4 Å². The molecule has 0 saturated heterocycles. The Hall–Kier alpha value is -3.26. The number of hydrogen-bond acceptors (Lipinski definition) is 4. The van der Waals surface area contributed by atoms with Gasteiger partial charge in [-0.3, -0.25) is 9.78 Å². The van der Waals surface area contributed by atoms with Crippen LogP contribution in [0.2, 0.25) is 0 Å². The Morgan fingerprint density at radius 2 is 1.88 bits per heavy atom. The number of fused-ring (bicyclic) bond motifs is 2. The summed E-state index contributed by atoms with van der Waals surface area (Å²) in [6, 6.07) is 16.3. The van der Waals surface area contributed by atoms with Crippen LogP contribution in [0.15, 0.2) is 60.7 Å². The van der Waals surface area contributed by atoms with E-state index in [2.05, 4.69) is 15.3 Å². The maximum absolute atomic E-state index is 13.1. The number of benzene rings is 2. The van der Waals surface area contributed by atoms with E-state index in [-0.39, 0.29) is 5.91 Å². The lowest BCUT2D eigenvalue weighted by atomic mass is 9.85. The quantitative estimate of drug-likeness (QED) is 0.389. The number of rotatable bonds is 3. The normalized spacial score (nSPS) is 16.0. The fourth-order valence-electron chi connectivity index (χ4n) is 4.04. The number of anilines is 1. The van der Waals surface area contributed by atoms with Crippen molar-refractivity contribution in [3.63, 3.8) is 0 Å². The van der Waals surface area contributed by atoms with E-state index in [1.807, 2.05) is 30.3 Å². The highest BCUT2D eigenvalue weighted by Gasteiger charge is 2.31. The standard InChI is InChI=1S/C24H18F3N3OS/c25-24(26,27)16-7-3-6-15(13-16)18-12-11-14-5-4-8-17(21(14)28-18)22(31)30-23-29-19-9-1-2-10-20(19)32-23/h1-3,6-7,9-13,17H,4-5,8H2,(H,29,30,31). The Bertz CT molecular complexity index is 1280. The van der Waals surface area contributed by atoms with Gasteiger partial charge in [0.15, 0.2) is 5.13 Å². The molecule has 0 aliphatic heterocycles. The Balaban J connectivity index is 1.45. The first-order valence-electron chi connectivity index (χ1n) is 10.2. The number of thiazole rings is 1. The predicted molar refractivity (Wildman–Crippen MR) is 119 cm³/mol. The second-order valence-electron chi connectivity index (χ2n) is 7.74. The van der Waals surface area contributed by atoms with Gasteiger partial charge in [0.1, 0.15) is 0 Å². The lowest BCUT2D eigenvalue weighted by Gasteiger charge is -2.24. The molecule has 4 nitrogen and oxygen atoms in total. The number of carbonyl (C=O) groups is 1. The van der Waals surface area contributed by atoms with Crippen LogP contribution in [0.4, 0.5) is 18.3 Å². The molecule has 5 rings (SSSR count). The maximum atomic E-state index is 13.1. The Labute approximate surface area is 186 Å². The van der Waals surface area contributed by atoms with Gasteiger partial charge in [-0.2, -0.15) is 13.2 Å². The number of alkyl halides is 3. The molecular formula is C24H18F3N3OS. The molecule has 8 heteroatoms. The zero-order valence-corrected chi connectivity index (χ0v) is 17.6. The van der Waals surface area contributed by atoms with Gasteiger partial charge >= 0.3 is 6.18 Å². The topological polar surface area (TPSA) is 54.9 Å². The van der Waals surface area contributed by atoms with Gasteiger partial charge in [-0.1, -0.05) is 41.7 Å². The van der Waals surface area contributed by atoms with Gasteiger partial charge in [0.25, 0.3) is 0 Å². The number of aryl methyl sites for hydroxylation is 1. The number of aromatic nitrogens is 2. The third kappa shape index (κ3) is 3.98. The molecule has 1 aliphatic rings. The highest BCUT2D eigenvalue weighted by atomic mass is 32.1. The summed E-state index contributed by atoms with van der Waals surface area (Å²) in [6.45, 7) is 0. The van der Waals surface area contributed by atoms with Crippen LogP contribution in [0, 0.1) is 0 Å². The third-order valence-corrected chi connectivity index (χ3v) is 6.56. The van der Waals surface area contributed by atoms with E-state index in [1.54, 1.807) is 12.1 Å². The average Bonchev–Trinajstić information content (AvgIpc) is 3.20. The minimum atomic E-state index is -4.43. The van der Waals surface area contributed by atoms with E-state index in [0.29, 0.717) is 28.5 Å². The summed E-state index contributed by atoms with van der Waals surface area (Å²) < 4.78 is 40.4. The predicted octanol–water partition coefficient (Wildman–Crippen LogP) is 6.44. The summed E-state index contributed by atoms with van der Waals surface area (Å²) in [5.41, 5.74) is 2.48. The number of pyridine rings is 1. The lowest BCUT2D eigenvalue weighted by molar-refractivity contribution is -0.137. The van der Waals surface area contributed by atoms with Crippen molar-refractivity contribution in [3.05, 3.63) is 77.5 Å². The van der Waals surface area contributed by atoms with Crippen molar-refractivity contribution in [2.45, 2.75) is 31.4 Å². The largest absolute Gasteiger partial charge is 0.416 e. The molecule has 0 saturated carbocycles. The van der Waals surface area contributed by atoms with Crippen LogP contribution in [0.25, 0.3) is 21.5 Å². The van der Waals surface area contributed by atoms with Gasteiger partial charge < -0.3 is 5.32 Å². The molecule has 0 spiro atoms. The number of amides is 1. The first kappa shape index (κ1) is 20.6. The van der Waals surface area contributed by atoms with E-state index >= 15 is 0 Å². The minimum Gasteiger partial charge on any atom is -0.301 e. The van der Waals surface area contributed by atoms with Crippen molar-refractivity contribution in [1.29, 1.82) is 0 Å². The Morgan fingerprint density at radius 1 is 1.03 bits per heavy atom. The molecule has 1 aliphatic carbocycles. The number of nitrogens with one attached hydrogen (secondary N) is 1. The van der Waals surface area contributed by atoms with Crippen LogP contribution < -0.4 is 5.32 Å². The van der Waals surface area contributed by atoms with E-state index in [1.165, 1.54) is 17.4 Å². The van der Waals surface area contributed by atoms with Crippen molar-refractivity contribution in [2.24, 2.45) is 0 Å². The fraction of sp³-hybridized carbons (Fsp3) is 0.208. The molecule has 4 aromatic rings. The van der Waals surface area contributed by atoms with Crippen molar-refractivity contribution in [1.82, 2.24) is 9.97 Å². The van der Waals surface area contributed by atoms with Crippen molar-refractivity contribution >= 4 is 32.6 Å². The fourth-order valence-corrected chi connectivity index (χ4v) is 4.91. The number of nitrogens with zero attached hydrogens (tertiary/aromatic N) is 2. The molecule has 2 aromatic heterocycles. The first-order valence-corrected chi connectivity index (χ1v) is 11.0. The molecule has 0 radical (unpaired) electrons. The van der Waals surface area contributed by atoms with E-state index in [4.69, 9.17) is 0 Å². The van der Waals surface area contributed by atoms with Gasteiger partial charge in [-0.15, -0.1) is 0 Å². The maximum Gasteiger partial charge on any atom is 0.416 e. The van der Waals surface area contributed by atoms with Crippen LogP contribution in [0.1, 0.15) is 35.6 Å². The summed E-state index contributed by atoms with van der Waals surface area (Å²) in [7, 11) is 0. The van der Waals surface area contributed by atoms with Crippen molar-refractivity contribution in [3.8, 4) is 11.3 Å². The molecule has 1 unspecified atom stereocenters. The van der Waals surface area contributed by atoms with Crippen LogP contribution in [0.5, 0.6) is 0 Å². The summed E-state index contributed by atoms with van der Waals surface area (Å²) in [5, 5.41) is 3.44. The zero-order valence-electron chi connectivity index (χ0n) is 16.8. The lowest BCUT2D eigenvalue weighted by Crippen LogP contribution is -2.25. The molecule has 0 bridgehead atoms. The SMILES string of the molecule is O=C(Nc1nc2ccccc2s1)C1CCCc2ccc(-c3cccc(C(F)(F)F)c3)nc21.